The number of rotatable bonds is 5. The van der Waals surface area contributed by atoms with Crippen molar-refractivity contribution < 1.29 is 9.53 Å². The van der Waals surface area contributed by atoms with Crippen molar-refractivity contribution in [3.05, 3.63) is 28.8 Å². The third-order valence-electron chi connectivity index (χ3n) is 2.00. The van der Waals surface area contributed by atoms with E-state index in [1.54, 1.807) is 18.2 Å². The molecule has 0 aliphatic rings. The summed E-state index contributed by atoms with van der Waals surface area (Å²) in [6.45, 7) is 0.625. The van der Waals surface area contributed by atoms with E-state index in [0.29, 0.717) is 22.9 Å². The van der Waals surface area contributed by atoms with Gasteiger partial charge in [0, 0.05) is 16.9 Å². The average molecular weight is 307 g/mol. The highest BCUT2D eigenvalue weighted by Gasteiger charge is 2.11. The predicted molar refractivity (Wildman–Crippen MR) is 68.7 cm³/mol. The van der Waals surface area contributed by atoms with Gasteiger partial charge in [-0.1, -0.05) is 27.5 Å². The molecule has 0 radical (unpaired) electrons. The van der Waals surface area contributed by atoms with Crippen LogP contribution in [0.4, 0.5) is 0 Å². The molecule has 0 saturated carbocycles. The molecule has 0 aliphatic carbocycles. The van der Waals surface area contributed by atoms with Gasteiger partial charge in [-0.15, -0.1) is 0 Å². The van der Waals surface area contributed by atoms with Gasteiger partial charge in [-0.3, -0.25) is 4.79 Å². The highest BCUT2D eigenvalue weighted by atomic mass is 79.9. The predicted octanol–water partition coefficient (Wildman–Crippen LogP) is 2.86. The van der Waals surface area contributed by atoms with Crippen molar-refractivity contribution in [1.82, 2.24) is 5.32 Å². The van der Waals surface area contributed by atoms with Gasteiger partial charge in [-0.05, 0) is 24.6 Å². The minimum Gasteiger partial charge on any atom is -0.496 e. The number of hydrogen-bond acceptors (Lipinski definition) is 2. The van der Waals surface area contributed by atoms with Gasteiger partial charge in [0.2, 0.25) is 0 Å². The molecule has 1 amide bonds. The van der Waals surface area contributed by atoms with Gasteiger partial charge < -0.3 is 10.1 Å². The maximum Gasteiger partial charge on any atom is 0.255 e. The summed E-state index contributed by atoms with van der Waals surface area (Å²) in [5.74, 6) is 0.362. The minimum atomic E-state index is -0.166. The Morgan fingerprint density at radius 3 is 2.94 bits per heavy atom. The highest BCUT2D eigenvalue weighted by Crippen LogP contribution is 2.22. The summed E-state index contributed by atoms with van der Waals surface area (Å²) in [5.41, 5.74) is 0.463. The number of carbonyl (C=O) groups excluding carboxylic acids is 1. The number of halogens is 2. The third kappa shape index (κ3) is 3.68. The second-order valence-corrected chi connectivity index (χ2v) is 4.37. The zero-order valence-electron chi connectivity index (χ0n) is 8.93. The minimum absolute atomic E-state index is 0.166. The Kier molecular flexibility index (Phi) is 5.63. The van der Waals surface area contributed by atoms with Crippen LogP contribution in [-0.2, 0) is 0 Å². The van der Waals surface area contributed by atoms with E-state index in [2.05, 4.69) is 21.2 Å². The van der Waals surface area contributed by atoms with Gasteiger partial charge in [0.25, 0.3) is 5.91 Å². The van der Waals surface area contributed by atoms with E-state index in [1.807, 2.05) is 0 Å². The summed E-state index contributed by atoms with van der Waals surface area (Å²) in [4.78, 5) is 11.8. The van der Waals surface area contributed by atoms with Crippen molar-refractivity contribution >= 4 is 33.4 Å². The second-order valence-electron chi connectivity index (χ2n) is 3.14. The second kappa shape index (κ2) is 6.76. The molecular weight excluding hydrogens is 293 g/mol. The number of nitrogens with one attached hydrogen (secondary N) is 1. The van der Waals surface area contributed by atoms with Crippen LogP contribution in [0.15, 0.2) is 18.2 Å². The molecule has 0 atom stereocenters. The van der Waals surface area contributed by atoms with Crippen LogP contribution in [0, 0.1) is 0 Å². The quantitative estimate of drug-likeness (QED) is 0.671. The molecular formula is C11H13BrClNO2. The fourth-order valence-electron chi connectivity index (χ4n) is 1.22. The molecule has 0 saturated heterocycles. The molecule has 0 aliphatic heterocycles. The van der Waals surface area contributed by atoms with Gasteiger partial charge in [0.05, 0.1) is 12.7 Å². The van der Waals surface area contributed by atoms with Crippen molar-refractivity contribution in [1.29, 1.82) is 0 Å². The zero-order valence-corrected chi connectivity index (χ0v) is 11.3. The van der Waals surface area contributed by atoms with Gasteiger partial charge in [0.1, 0.15) is 5.75 Å². The van der Waals surface area contributed by atoms with Crippen molar-refractivity contribution in [2.24, 2.45) is 0 Å². The highest BCUT2D eigenvalue weighted by molar-refractivity contribution is 9.09. The summed E-state index contributed by atoms with van der Waals surface area (Å²) >= 11 is 9.13. The first-order valence-corrected chi connectivity index (χ1v) is 6.36. The average Bonchev–Trinajstić information content (AvgIpc) is 2.29. The molecule has 0 aromatic heterocycles. The van der Waals surface area contributed by atoms with Crippen LogP contribution >= 0.6 is 27.5 Å². The maximum atomic E-state index is 11.8. The largest absolute Gasteiger partial charge is 0.496 e. The number of carbonyl (C=O) groups is 1. The first kappa shape index (κ1) is 13.3. The first-order valence-electron chi connectivity index (χ1n) is 4.86. The van der Waals surface area contributed by atoms with Gasteiger partial charge in [-0.2, -0.15) is 0 Å². The van der Waals surface area contributed by atoms with Crippen molar-refractivity contribution in [2.45, 2.75) is 6.42 Å². The lowest BCUT2D eigenvalue weighted by atomic mass is 10.2. The number of hydrogen-bond donors (Lipinski definition) is 1. The monoisotopic (exact) mass is 305 g/mol. The Morgan fingerprint density at radius 2 is 2.31 bits per heavy atom. The Labute approximate surface area is 108 Å². The summed E-state index contributed by atoms with van der Waals surface area (Å²) < 4.78 is 5.10. The van der Waals surface area contributed by atoms with E-state index in [1.165, 1.54) is 7.11 Å². The summed E-state index contributed by atoms with van der Waals surface area (Å²) in [7, 11) is 1.53. The van der Waals surface area contributed by atoms with Crippen LogP contribution in [0.2, 0.25) is 5.02 Å². The SMILES string of the molecule is COc1ccc(Cl)cc1C(=O)NCCCBr. The van der Waals surface area contributed by atoms with Crippen LogP contribution in [0.25, 0.3) is 0 Å². The molecule has 1 rings (SSSR count). The molecule has 0 fully saturated rings. The molecule has 0 bridgehead atoms. The van der Waals surface area contributed by atoms with E-state index < -0.39 is 0 Å². The van der Waals surface area contributed by atoms with Crippen LogP contribution in [-0.4, -0.2) is 24.9 Å². The standard InChI is InChI=1S/C11H13BrClNO2/c1-16-10-4-3-8(13)7-9(10)11(15)14-6-2-5-12/h3-4,7H,2,5-6H2,1H3,(H,14,15). The number of benzene rings is 1. The molecule has 0 heterocycles. The summed E-state index contributed by atoms with van der Waals surface area (Å²) in [6.07, 6.45) is 0.884. The molecule has 16 heavy (non-hydrogen) atoms. The maximum absolute atomic E-state index is 11.8. The number of methoxy groups -OCH3 is 1. The van der Waals surface area contributed by atoms with Crippen molar-refractivity contribution in [3.63, 3.8) is 0 Å². The molecule has 3 nitrogen and oxygen atoms in total. The fraction of sp³-hybridized carbons (Fsp3) is 0.364. The lowest BCUT2D eigenvalue weighted by Gasteiger charge is -2.09. The van der Waals surface area contributed by atoms with Gasteiger partial charge in [0.15, 0.2) is 0 Å². The van der Waals surface area contributed by atoms with E-state index in [4.69, 9.17) is 16.3 Å². The van der Waals surface area contributed by atoms with Crippen LogP contribution in [0.5, 0.6) is 5.75 Å². The number of ether oxygens (including phenoxy) is 1. The lowest BCUT2D eigenvalue weighted by Crippen LogP contribution is -2.25. The number of amides is 1. The smallest absolute Gasteiger partial charge is 0.255 e. The van der Waals surface area contributed by atoms with E-state index >= 15 is 0 Å². The molecule has 5 heteroatoms. The number of alkyl halides is 1. The fourth-order valence-corrected chi connectivity index (χ4v) is 1.67. The third-order valence-corrected chi connectivity index (χ3v) is 2.80. The normalized spacial score (nSPS) is 9.94. The van der Waals surface area contributed by atoms with Gasteiger partial charge in [-0.25, -0.2) is 0 Å². The van der Waals surface area contributed by atoms with E-state index in [-0.39, 0.29) is 5.91 Å². The zero-order chi connectivity index (χ0) is 12.0. The molecule has 1 aromatic rings. The Balaban J connectivity index is 2.76. The van der Waals surface area contributed by atoms with Crippen LogP contribution in [0.1, 0.15) is 16.8 Å². The molecule has 0 unspecified atom stereocenters. The topological polar surface area (TPSA) is 38.3 Å². The van der Waals surface area contributed by atoms with Crippen molar-refractivity contribution in [3.8, 4) is 5.75 Å². The Morgan fingerprint density at radius 1 is 1.56 bits per heavy atom. The van der Waals surface area contributed by atoms with E-state index in [9.17, 15) is 4.79 Å². The molecule has 0 spiro atoms. The molecule has 1 aromatic carbocycles. The van der Waals surface area contributed by atoms with E-state index in [0.717, 1.165) is 11.8 Å². The van der Waals surface area contributed by atoms with Crippen molar-refractivity contribution in [2.75, 3.05) is 19.0 Å². The Hall–Kier alpha value is -0.740. The van der Waals surface area contributed by atoms with Crippen LogP contribution < -0.4 is 10.1 Å². The van der Waals surface area contributed by atoms with Crippen LogP contribution in [0.3, 0.4) is 0 Å². The molecule has 88 valence electrons. The Bertz CT molecular complexity index is 371. The lowest BCUT2D eigenvalue weighted by molar-refractivity contribution is 0.0951. The van der Waals surface area contributed by atoms with Gasteiger partial charge >= 0.3 is 0 Å². The first-order chi connectivity index (χ1) is 7.69. The summed E-state index contributed by atoms with van der Waals surface area (Å²) in [5, 5.41) is 4.18. The molecule has 1 N–H and O–H groups in total. The summed E-state index contributed by atoms with van der Waals surface area (Å²) in [6, 6.07) is 4.97.